The van der Waals surface area contributed by atoms with E-state index in [9.17, 15) is 9.59 Å². The Morgan fingerprint density at radius 1 is 1.25 bits per heavy atom. The van der Waals surface area contributed by atoms with E-state index in [1.54, 1.807) is 23.9 Å². The molecule has 1 aromatic carbocycles. The standard InChI is InChI=1S/C19H18N4O3S2/c1-12(10-26-2)23-17(25)14-5-3-4-6-15(14)21-19(23)28-11-13-9-16(24)22-7-8-27-18(22)20-13/h3-9,12H,10-11H2,1-2H3/t12-/m0/s1. The molecule has 0 bridgehead atoms. The third-order valence-electron chi connectivity index (χ3n) is 4.33. The van der Waals surface area contributed by atoms with Gasteiger partial charge in [-0.25, -0.2) is 9.97 Å². The number of nitrogens with zero attached hydrogens (tertiary/aromatic N) is 4. The van der Waals surface area contributed by atoms with Gasteiger partial charge in [-0.1, -0.05) is 23.9 Å². The molecule has 4 rings (SSSR count). The lowest BCUT2D eigenvalue weighted by Crippen LogP contribution is -2.28. The predicted molar refractivity (Wildman–Crippen MR) is 111 cm³/mol. The van der Waals surface area contributed by atoms with Crippen molar-refractivity contribution in [2.75, 3.05) is 13.7 Å². The first-order chi connectivity index (χ1) is 13.6. The van der Waals surface area contributed by atoms with Gasteiger partial charge in [0.2, 0.25) is 0 Å². The summed E-state index contributed by atoms with van der Waals surface area (Å²) in [5.41, 5.74) is 1.10. The van der Waals surface area contributed by atoms with Gasteiger partial charge in [-0.15, -0.1) is 11.3 Å². The maximum Gasteiger partial charge on any atom is 0.262 e. The van der Waals surface area contributed by atoms with Crippen LogP contribution in [0.1, 0.15) is 18.7 Å². The summed E-state index contributed by atoms with van der Waals surface area (Å²) in [6.07, 6.45) is 1.71. The number of rotatable bonds is 6. The van der Waals surface area contributed by atoms with Crippen molar-refractivity contribution in [3.63, 3.8) is 0 Å². The molecule has 0 aliphatic heterocycles. The summed E-state index contributed by atoms with van der Waals surface area (Å²) in [5, 5.41) is 2.99. The van der Waals surface area contributed by atoms with E-state index in [1.165, 1.54) is 33.6 Å². The van der Waals surface area contributed by atoms with Gasteiger partial charge in [0.1, 0.15) is 0 Å². The van der Waals surface area contributed by atoms with Crippen molar-refractivity contribution in [1.82, 2.24) is 18.9 Å². The van der Waals surface area contributed by atoms with Crippen molar-refractivity contribution < 1.29 is 4.74 Å². The van der Waals surface area contributed by atoms with E-state index in [0.717, 1.165) is 0 Å². The third kappa shape index (κ3) is 3.48. The van der Waals surface area contributed by atoms with Gasteiger partial charge in [0.05, 0.1) is 29.2 Å². The van der Waals surface area contributed by atoms with Gasteiger partial charge in [0.15, 0.2) is 10.1 Å². The largest absolute Gasteiger partial charge is 0.383 e. The molecule has 0 spiro atoms. The van der Waals surface area contributed by atoms with Crippen LogP contribution in [0.25, 0.3) is 15.9 Å². The van der Waals surface area contributed by atoms with E-state index in [4.69, 9.17) is 9.72 Å². The number of hydrogen-bond acceptors (Lipinski definition) is 7. The van der Waals surface area contributed by atoms with Crippen LogP contribution < -0.4 is 11.1 Å². The van der Waals surface area contributed by atoms with Crippen molar-refractivity contribution in [3.05, 3.63) is 68.3 Å². The first kappa shape index (κ1) is 18.9. The summed E-state index contributed by atoms with van der Waals surface area (Å²) < 4.78 is 8.42. The van der Waals surface area contributed by atoms with E-state index in [0.29, 0.717) is 39.1 Å². The van der Waals surface area contributed by atoms with Crippen molar-refractivity contribution in [2.45, 2.75) is 23.9 Å². The quantitative estimate of drug-likeness (QED) is 0.357. The maximum atomic E-state index is 13.1. The molecule has 0 amide bonds. The van der Waals surface area contributed by atoms with Crippen LogP contribution in [0, 0.1) is 0 Å². The monoisotopic (exact) mass is 414 g/mol. The number of ether oxygens (including phenoxy) is 1. The number of benzene rings is 1. The Labute approximate surface area is 168 Å². The number of thioether (sulfide) groups is 1. The fourth-order valence-electron chi connectivity index (χ4n) is 3.03. The summed E-state index contributed by atoms with van der Waals surface area (Å²) in [4.78, 5) is 35.1. The number of aromatic nitrogens is 4. The molecule has 0 N–H and O–H groups in total. The van der Waals surface area contributed by atoms with Gasteiger partial charge in [0.25, 0.3) is 11.1 Å². The molecule has 0 radical (unpaired) electrons. The molecule has 9 heteroatoms. The maximum absolute atomic E-state index is 13.1. The smallest absolute Gasteiger partial charge is 0.262 e. The molecule has 4 aromatic rings. The van der Waals surface area contributed by atoms with E-state index < -0.39 is 0 Å². The zero-order chi connectivity index (χ0) is 19.7. The topological polar surface area (TPSA) is 78.5 Å². The van der Waals surface area contributed by atoms with Crippen LogP contribution >= 0.6 is 23.1 Å². The van der Waals surface area contributed by atoms with Crippen LogP contribution in [-0.2, 0) is 10.5 Å². The Balaban J connectivity index is 1.74. The molecule has 0 aliphatic rings. The molecule has 3 aromatic heterocycles. The number of fused-ring (bicyclic) bond motifs is 2. The Morgan fingerprint density at radius 3 is 2.89 bits per heavy atom. The molecule has 0 saturated carbocycles. The van der Waals surface area contributed by atoms with E-state index >= 15 is 0 Å². The molecular formula is C19H18N4O3S2. The van der Waals surface area contributed by atoms with Gasteiger partial charge < -0.3 is 4.74 Å². The summed E-state index contributed by atoms with van der Waals surface area (Å²) in [6.45, 7) is 2.32. The number of thiazole rings is 1. The minimum Gasteiger partial charge on any atom is -0.383 e. The van der Waals surface area contributed by atoms with Crippen LogP contribution in [0.4, 0.5) is 0 Å². The lowest BCUT2D eigenvalue weighted by Gasteiger charge is -2.18. The van der Waals surface area contributed by atoms with E-state index in [-0.39, 0.29) is 17.2 Å². The third-order valence-corrected chi connectivity index (χ3v) is 6.07. The minimum atomic E-state index is -0.171. The van der Waals surface area contributed by atoms with Gasteiger partial charge >= 0.3 is 0 Å². The first-order valence-electron chi connectivity index (χ1n) is 8.67. The first-order valence-corrected chi connectivity index (χ1v) is 10.5. The van der Waals surface area contributed by atoms with Gasteiger partial charge in [0, 0.05) is 30.5 Å². The van der Waals surface area contributed by atoms with Crippen LogP contribution in [0.3, 0.4) is 0 Å². The van der Waals surface area contributed by atoms with Crippen LogP contribution in [0.2, 0.25) is 0 Å². The molecule has 144 valence electrons. The van der Waals surface area contributed by atoms with Gasteiger partial charge in [-0.05, 0) is 19.1 Å². The number of hydrogen-bond donors (Lipinski definition) is 0. The van der Waals surface area contributed by atoms with Crippen LogP contribution in [0.15, 0.2) is 56.7 Å². The van der Waals surface area contributed by atoms with E-state index in [2.05, 4.69) is 4.98 Å². The SMILES string of the molecule is COC[C@H](C)n1c(SCc2cc(=O)n3ccsc3n2)nc2ccccc2c1=O. The van der Waals surface area contributed by atoms with Crippen molar-refractivity contribution in [2.24, 2.45) is 0 Å². The lowest BCUT2D eigenvalue weighted by molar-refractivity contribution is 0.156. The van der Waals surface area contributed by atoms with Crippen LogP contribution in [-0.4, -0.2) is 32.7 Å². The fourth-order valence-corrected chi connectivity index (χ4v) is 4.76. The highest BCUT2D eigenvalue weighted by molar-refractivity contribution is 7.98. The Kier molecular flexibility index (Phi) is 5.29. The number of para-hydroxylation sites is 1. The minimum absolute atomic E-state index is 0.0978. The second-order valence-corrected chi connectivity index (χ2v) is 8.14. The summed E-state index contributed by atoms with van der Waals surface area (Å²) in [7, 11) is 1.61. The molecule has 1 atom stereocenters. The summed E-state index contributed by atoms with van der Waals surface area (Å²) in [5.74, 6) is 0.439. The average molecular weight is 415 g/mol. The summed E-state index contributed by atoms with van der Waals surface area (Å²) in [6, 6.07) is 8.65. The fraction of sp³-hybridized carbons (Fsp3) is 0.263. The van der Waals surface area contributed by atoms with Crippen LogP contribution in [0.5, 0.6) is 0 Å². The number of methoxy groups -OCH3 is 1. The Bertz CT molecular complexity index is 1260. The van der Waals surface area contributed by atoms with Crippen molar-refractivity contribution >= 4 is 39.0 Å². The molecule has 7 nitrogen and oxygen atoms in total. The normalized spacial score (nSPS) is 12.6. The van der Waals surface area contributed by atoms with Gasteiger partial charge in [-0.3, -0.25) is 18.6 Å². The second kappa shape index (κ2) is 7.86. The molecule has 3 heterocycles. The second-order valence-electron chi connectivity index (χ2n) is 6.32. The van der Waals surface area contributed by atoms with Gasteiger partial charge in [-0.2, -0.15) is 0 Å². The van der Waals surface area contributed by atoms with Crippen molar-refractivity contribution in [3.8, 4) is 0 Å². The Hall–Kier alpha value is -2.49. The average Bonchev–Trinajstić information content (AvgIpc) is 3.16. The highest BCUT2D eigenvalue weighted by Crippen LogP contribution is 2.24. The predicted octanol–water partition coefficient (Wildman–Crippen LogP) is 2.97. The zero-order valence-electron chi connectivity index (χ0n) is 15.4. The molecular weight excluding hydrogens is 396 g/mol. The molecule has 0 saturated heterocycles. The highest BCUT2D eigenvalue weighted by atomic mass is 32.2. The molecule has 0 fully saturated rings. The molecule has 0 aliphatic carbocycles. The lowest BCUT2D eigenvalue weighted by atomic mass is 10.2. The molecule has 28 heavy (non-hydrogen) atoms. The van der Waals surface area contributed by atoms with E-state index in [1.807, 2.05) is 30.5 Å². The molecule has 0 unspecified atom stereocenters. The zero-order valence-corrected chi connectivity index (χ0v) is 17.0. The Morgan fingerprint density at radius 2 is 2.07 bits per heavy atom. The van der Waals surface area contributed by atoms with Crippen molar-refractivity contribution in [1.29, 1.82) is 0 Å². The summed E-state index contributed by atoms with van der Waals surface area (Å²) >= 11 is 2.80. The highest BCUT2D eigenvalue weighted by Gasteiger charge is 2.17.